The van der Waals surface area contributed by atoms with Crippen molar-refractivity contribution < 1.29 is 0 Å². The minimum Gasteiger partial charge on any atom is -0.309 e. The third-order valence-corrected chi connectivity index (χ3v) is 3.72. The Kier molecular flexibility index (Phi) is 5.31. The maximum atomic E-state index is 11.2. The van der Waals surface area contributed by atoms with Gasteiger partial charge in [0.1, 0.15) is 0 Å². The molecule has 5 nitrogen and oxygen atoms in total. The number of pyridine rings is 1. The molecule has 0 saturated heterocycles. The summed E-state index contributed by atoms with van der Waals surface area (Å²) in [7, 11) is 0. The van der Waals surface area contributed by atoms with E-state index in [1.54, 1.807) is 0 Å². The van der Waals surface area contributed by atoms with Gasteiger partial charge in [-0.1, -0.05) is 25.6 Å². The first kappa shape index (κ1) is 14.7. The van der Waals surface area contributed by atoms with E-state index in [0.717, 1.165) is 23.6 Å². The van der Waals surface area contributed by atoms with Gasteiger partial charge in [-0.15, -0.1) is 0 Å². The molecular weight excluding hydrogens is 272 g/mol. The van der Waals surface area contributed by atoms with Crippen LogP contribution in [0.25, 0.3) is 0 Å². The molecular formula is C14H18N4OS. The van der Waals surface area contributed by atoms with Crippen LogP contribution in [0.3, 0.4) is 0 Å². The summed E-state index contributed by atoms with van der Waals surface area (Å²) in [6.07, 6.45) is 4.31. The summed E-state index contributed by atoms with van der Waals surface area (Å²) in [5, 5.41) is 3.97. The Morgan fingerprint density at radius 2 is 2.15 bits per heavy atom. The summed E-state index contributed by atoms with van der Waals surface area (Å²) < 4.78 is 0. The standard InChI is InChI=1S/C14H18N4OS/c1-3-11(15-4-2)12-6-5-10(9-17-12)20-14-16-8-7-13(19)18-14/h5-9,11,15H,3-4H2,1-2H3,(H,16,18,19). The molecule has 2 heterocycles. The molecule has 106 valence electrons. The van der Waals surface area contributed by atoms with Gasteiger partial charge in [0, 0.05) is 29.4 Å². The summed E-state index contributed by atoms with van der Waals surface area (Å²) in [4.78, 5) is 23.4. The van der Waals surface area contributed by atoms with Crippen molar-refractivity contribution in [1.29, 1.82) is 0 Å². The normalized spacial score (nSPS) is 12.3. The predicted molar refractivity (Wildman–Crippen MR) is 79.9 cm³/mol. The summed E-state index contributed by atoms with van der Waals surface area (Å²) >= 11 is 1.39. The molecule has 0 aliphatic heterocycles. The molecule has 0 spiro atoms. The second kappa shape index (κ2) is 7.21. The van der Waals surface area contributed by atoms with Crippen molar-refractivity contribution in [2.75, 3.05) is 6.54 Å². The summed E-state index contributed by atoms with van der Waals surface area (Å²) in [6, 6.07) is 5.70. The van der Waals surface area contributed by atoms with Crippen molar-refractivity contribution in [3.05, 3.63) is 46.6 Å². The van der Waals surface area contributed by atoms with E-state index in [1.165, 1.54) is 24.0 Å². The van der Waals surface area contributed by atoms with Crippen molar-refractivity contribution in [2.45, 2.75) is 36.4 Å². The minimum atomic E-state index is -0.148. The van der Waals surface area contributed by atoms with Gasteiger partial charge in [0.25, 0.3) is 5.56 Å². The van der Waals surface area contributed by atoms with Crippen LogP contribution < -0.4 is 10.9 Å². The summed E-state index contributed by atoms with van der Waals surface area (Å²) in [6.45, 7) is 5.15. The maximum Gasteiger partial charge on any atom is 0.251 e. The van der Waals surface area contributed by atoms with Crippen LogP contribution in [-0.4, -0.2) is 21.5 Å². The molecule has 0 bridgehead atoms. The Balaban J connectivity index is 2.10. The van der Waals surface area contributed by atoms with E-state index in [1.807, 2.05) is 18.3 Å². The Hall–Kier alpha value is -1.66. The van der Waals surface area contributed by atoms with Gasteiger partial charge in [0.15, 0.2) is 5.16 Å². The van der Waals surface area contributed by atoms with Gasteiger partial charge < -0.3 is 10.3 Å². The van der Waals surface area contributed by atoms with Crippen LogP contribution in [0.2, 0.25) is 0 Å². The first-order valence-electron chi connectivity index (χ1n) is 6.65. The first-order chi connectivity index (χ1) is 9.72. The number of hydrogen-bond acceptors (Lipinski definition) is 5. The zero-order valence-electron chi connectivity index (χ0n) is 11.6. The highest BCUT2D eigenvalue weighted by Crippen LogP contribution is 2.24. The van der Waals surface area contributed by atoms with E-state index >= 15 is 0 Å². The third-order valence-electron chi connectivity index (χ3n) is 2.84. The molecule has 0 radical (unpaired) electrons. The van der Waals surface area contributed by atoms with Gasteiger partial charge in [0.2, 0.25) is 0 Å². The van der Waals surface area contributed by atoms with E-state index in [-0.39, 0.29) is 11.6 Å². The van der Waals surface area contributed by atoms with Crippen molar-refractivity contribution in [1.82, 2.24) is 20.3 Å². The second-order valence-electron chi connectivity index (χ2n) is 4.28. The van der Waals surface area contributed by atoms with E-state index in [4.69, 9.17) is 0 Å². The van der Waals surface area contributed by atoms with E-state index in [0.29, 0.717) is 5.16 Å². The SMILES string of the molecule is CCNC(CC)c1ccc(Sc2nccc(=O)[nH]2)cn1. The van der Waals surface area contributed by atoms with Crippen LogP contribution in [0.1, 0.15) is 32.0 Å². The van der Waals surface area contributed by atoms with Gasteiger partial charge in [-0.05, 0) is 25.1 Å². The van der Waals surface area contributed by atoms with Crippen molar-refractivity contribution >= 4 is 11.8 Å². The molecule has 1 unspecified atom stereocenters. The molecule has 0 fully saturated rings. The molecule has 2 aromatic heterocycles. The van der Waals surface area contributed by atoms with Gasteiger partial charge in [-0.2, -0.15) is 0 Å². The van der Waals surface area contributed by atoms with Crippen LogP contribution in [0.4, 0.5) is 0 Å². The monoisotopic (exact) mass is 290 g/mol. The van der Waals surface area contributed by atoms with Crippen LogP contribution >= 0.6 is 11.8 Å². The lowest BCUT2D eigenvalue weighted by molar-refractivity contribution is 0.524. The van der Waals surface area contributed by atoms with Crippen LogP contribution in [0, 0.1) is 0 Å². The Morgan fingerprint density at radius 3 is 2.75 bits per heavy atom. The second-order valence-corrected chi connectivity index (χ2v) is 5.34. The molecule has 6 heteroatoms. The maximum absolute atomic E-state index is 11.2. The number of aromatic amines is 1. The number of nitrogens with one attached hydrogen (secondary N) is 2. The zero-order valence-corrected chi connectivity index (χ0v) is 12.4. The van der Waals surface area contributed by atoms with E-state index < -0.39 is 0 Å². The number of H-pyrrole nitrogens is 1. The van der Waals surface area contributed by atoms with Gasteiger partial charge in [-0.3, -0.25) is 9.78 Å². The molecule has 0 saturated carbocycles. The number of rotatable bonds is 6. The van der Waals surface area contributed by atoms with Crippen molar-refractivity contribution in [2.24, 2.45) is 0 Å². The van der Waals surface area contributed by atoms with Gasteiger partial charge in [-0.25, -0.2) is 4.98 Å². The average molecular weight is 290 g/mol. The van der Waals surface area contributed by atoms with Crippen molar-refractivity contribution in [3.63, 3.8) is 0 Å². The quantitative estimate of drug-likeness (QED) is 0.799. The highest BCUT2D eigenvalue weighted by Gasteiger charge is 2.09. The highest BCUT2D eigenvalue weighted by atomic mass is 32.2. The highest BCUT2D eigenvalue weighted by molar-refractivity contribution is 7.99. The summed E-state index contributed by atoms with van der Waals surface area (Å²) in [5.41, 5.74) is 0.887. The molecule has 1 atom stereocenters. The molecule has 2 rings (SSSR count). The number of nitrogens with zero attached hydrogens (tertiary/aromatic N) is 2. The minimum absolute atomic E-state index is 0.148. The lowest BCUT2D eigenvalue weighted by atomic mass is 10.1. The lowest BCUT2D eigenvalue weighted by Crippen LogP contribution is -2.20. The van der Waals surface area contributed by atoms with Gasteiger partial charge >= 0.3 is 0 Å². The van der Waals surface area contributed by atoms with Crippen LogP contribution in [0.5, 0.6) is 0 Å². The smallest absolute Gasteiger partial charge is 0.251 e. The van der Waals surface area contributed by atoms with Crippen molar-refractivity contribution in [3.8, 4) is 0 Å². The molecule has 0 aromatic carbocycles. The molecule has 0 aliphatic carbocycles. The van der Waals surface area contributed by atoms with E-state index in [2.05, 4.69) is 34.1 Å². The van der Waals surface area contributed by atoms with E-state index in [9.17, 15) is 4.79 Å². The Labute approximate surface area is 122 Å². The molecule has 2 aromatic rings. The molecule has 0 amide bonds. The lowest BCUT2D eigenvalue weighted by Gasteiger charge is -2.15. The first-order valence-corrected chi connectivity index (χ1v) is 7.47. The third kappa shape index (κ3) is 3.91. The zero-order chi connectivity index (χ0) is 14.4. The molecule has 20 heavy (non-hydrogen) atoms. The largest absolute Gasteiger partial charge is 0.309 e. The number of hydrogen-bond donors (Lipinski definition) is 2. The fourth-order valence-electron chi connectivity index (χ4n) is 1.88. The Morgan fingerprint density at radius 1 is 1.30 bits per heavy atom. The average Bonchev–Trinajstić information content (AvgIpc) is 2.46. The fraction of sp³-hybridized carbons (Fsp3) is 0.357. The molecule has 2 N–H and O–H groups in total. The Bertz CT molecular complexity index is 597. The molecule has 0 aliphatic rings. The summed E-state index contributed by atoms with van der Waals surface area (Å²) in [5.74, 6) is 0. The van der Waals surface area contributed by atoms with Gasteiger partial charge in [0.05, 0.1) is 5.69 Å². The number of aromatic nitrogens is 3. The van der Waals surface area contributed by atoms with Crippen LogP contribution in [-0.2, 0) is 0 Å². The van der Waals surface area contributed by atoms with Crippen LogP contribution in [0.15, 0.2) is 45.4 Å². The topological polar surface area (TPSA) is 70.7 Å². The predicted octanol–water partition coefficient (Wildman–Crippen LogP) is 2.38. The fourth-order valence-corrected chi connectivity index (χ4v) is 2.61.